The van der Waals surface area contributed by atoms with Gasteiger partial charge in [-0.25, -0.2) is 0 Å². The molecule has 1 aliphatic heterocycles. The maximum absolute atomic E-state index is 12.4. The maximum atomic E-state index is 12.4. The second kappa shape index (κ2) is 6.55. The lowest BCUT2D eigenvalue weighted by atomic mass is 9.82. The van der Waals surface area contributed by atoms with Crippen molar-refractivity contribution in [2.45, 2.75) is 33.1 Å². The second-order valence-corrected chi connectivity index (χ2v) is 4.70. The van der Waals surface area contributed by atoms with Crippen LogP contribution in [0.1, 0.15) is 33.1 Å². The molecular weight excluding hydrogens is 228 g/mol. The van der Waals surface area contributed by atoms with E-state index in [4.69, 9.17) is 4.74 Å². The van der Waals surface area contributed by atoms with Gasteiger partial charge in [-0.05, 0) is 24.8 Å². The van der Waals surface area contributed by atoms with E-state index in [9.17, 15) is 10.1 Å². The highest BCUT2D eigenvalue weighted by atomic mass is 16.5. The van der Waals surface area contributed by atoms with Crippen molar-refractivity contribution < 1.29 is 9.53 Å². The standard InChI is InChI=1S/C14H22N2O2/c1-4-14(5-2,11-15)13(17)16-8-6-12(7-9-16)10-18-3/h6H,4-5,7-10H2,1-3H3. The number of methoxy groups -OCH3 is 1. The molecule has 0 saturated heterocycles. The lowest BCUT2D eigenvalue weighted by Crippen LogP contribution is -2.44. The van der Waals surface area contributed by atoms with Crippen LogP contribution in [0.4, 0.5) is 0 Å². The largest absolute Gasteiger partial charge is 0.380 e. The molecule has 0 unspecified atom stereocenters. The molecule has 1 amide bonds. The summed E-state index contributed by atoms with van der Waals surface area (Å²) >= 11 is 0. The van der Waals surface area contributed by atoms with E-state index >= 15 is 0 Å². The predicted octanol–water partition coefficient (Wildman–Crippen LogP) is 2.12. The van der Waals surface area contributed by atoms with Crippen LogP contribution in [0.2, 0.25) is 0 Å². The number of carbonyl (C=O) groups excluding carboxylic acids is 1. The summed E-state index contributed by atoms with van der Waals surface area (Å²) in [6.07, 6.45) is 4.03. The molecule has 100 valence electrons. The number of nitriles is 1. The number of ether oxygens (including phenoxy) is 1. The van der Waals surface area contributed by atoms with Crippen molar-refractivity contribution in [2.24, 2.45) is 5.41 Å². The number of rotatable bonds is 5. The Bertz CT molecular complexity index is 364. The number of nitrogens with zero attached hydrogens (tertiary/aromatic N) is 2. The molecule has 0 bridgehead atoms. The molecule has 0 saturated carbocycles. The lowest BCUT2D eigenvalue weighted by molar-refractivity contribution is -0.139. The first kappa shape index (κ1) is 14.7. The van der Waals surface area contributed by atoms with Crippen LogP contribution in [0.25, 0.3) is 0 Å². The van der Waals surface area contributed by atoms with Crippen LogP contribution in [0.3, 0.4) is 0 Å². The Balaban J connectivity index is 2.73. The Hall–Kier alpha value is -1.34. The Morgan fingerprint density at radius 1 is 1.56 bits per heavy atom. The molecular formula is C14H22N2O2. The highest BCUT2D eigenvalue weighted by molar-refractivity contribution is 5.85. The van der Waals surface area contributed by atoms with Crippen molar-refractivity contribution in [3.05, 3.63) is 11.6 Å². The molecule has 0 spiro atoms. The monoisotopic (exact) mass is 250 g/mol. The second-order valence-electron chi connectivity index (χ2n) is 4.70. The number of amides is 1. The third-order valence-corrected chi connectivity index (χ3v) is 3.75. The first-order chi connectivity index (χ1) is 8.63. The summed E-state index contributed by atoms with van der Waals surface area (Å²) in [7, 11) is 1.67. The maximum Gasteiger partial charge on any atom is 0.243 e. The molecule has 1 rings (SSSR count). The zero-order valence-corrected chi connectivity index (χ0v) is 11.5. The predicted molar refractivity (Wildman–Crippen MR) is 69.8 cm³/mol. The van der Waals surface area contributed by atoms with Crippen molar-refractivity contribution in [1.82, 2.24) is 4.90 Å². The van der Waals surface area contributed by atoms with Crippen LogP contribution in [0.5, 0.6) is 0 Å². The van der Waals surface area contributed by atoms with Crippen LogP contribution in [0.15, 0.2) is 11.6 Å². The molecule has 4 heteroatoms. The van der Waals surface area contributed by atoms with Crippen molar-refractivity contribution in [3.8, 4) is 6.07 Å². The fourth-order valence-corrected chi connectivity index (χ4v) is 2.27. The highest BCUT2D eigenvalue weighted by Crippen LogP contribution is 2.29. The third kappa shape index (κ3) is 2.91. The zero-order chi connectivity index (χ0) is 13.6. The Morgan fingerprint density at radius 2 is 2.22 bits per heavy atom. The first-order valence-electron chi connectivity index (χ1n) is 6.51. The quantitative estimate of drug-likeness (QED) is 0.702. The molecule has 0 atom stereocenters. The van der Waals surface area contributed by atoms with Crippen LogP contribution < -0.4 is 0 Å². The number of carbonyl (C=O) groups is 1. The molecule has 1 heterocycles. The third-order valence-electron chi connectivity index (χ3n) is 3.75. The molecule has 1 aliphatic rings. The van der Waals surface area contributed by atoms with Crippen LogP contribution in [0, 0.1) is 16.7 Å². The molecule has 0 aromatic carbocycles. The van der Waals surface area contributed by atoms with Gasteiger partial charge in [-0.2, -0.15) is 5.26 Å². The lowest BCUT2D eigenvalue weighted by Gasteiger charge is -2.33. The van der Waals surface area contributed by atoms with E-state index in [1.54, 1.807) is 12.0 Å². The number of hydrogen-bond acceptors (Lipinski definition) is 3. The van der Waals surface area contributed by atoms with Crippen LogP contribution in [-0.4, -0.2) is 37.6 Å². The molecule has 0 radical (unpaired) electrons. The fourth-order valence-electron chi connectivity index (χ4n) is 2.27. The van der Waals surface area contributed by atoms with Crippen molar-refractivity contribution in [1.29, 1.82) is 5.26 Å². The molecule has 0 aliphatic carbocycles. The van der Waals surface area contributed by atoms with Gasteiger partial charge in [-0.15, -0.1) is 0 Å². The molecule has 0 N–H and O–H groups in total. The van der Waals surface area contributed by atoms with Gasteiger partial charge in [0, 0.05) is 20.2 Å². The average molecular weight is 250 g/mol. The Kier molecular flexibility index (Phi) is 5.36. The summed E-state index contributed by atoms with van der Waals surface area (Å²) in [5, 5.41) is 9.28. The van der Waals surface area contributed by atoms with Gasteiger partial charge in [0.05, 0.1) is 12.7 Å². The highest BCUT2D eigenvalue weighted by Gasteiger charge is 2.38. The molecule has 0 aromatic rings. The molecule has 0 fully saturated rings. The van der Waals surface area contributed by atoms with E-state index in [-0.39, 0.29) is 5.91 Å². The SMILES string of the molecule is CCC(C#N)(CC)C(=O)N1CC=C(COC)CC1. The smallest absolute Gasteiger partial charge is 0.243 e. The molecule has 18 heavy (non-hydrogen) atoms. The Labute approximate surface area is 109 Å². The van der Waals surface area contributed by atoms with Gasteiger partial charge in [-0.3, -0.25) is 4.79 Å². The van der Waals surface area contributed by atoms with Gasteiger partial charge >= 0.3 is 0 Å². The van der Waals surface area contributed by atoms with Gasteiger partial charge < -0.3 is 9.64 Å². The van der Waals surface area contributed by atoms with Crippen molar-refractivity contribution in [3.63, 3.8) is 0 Å². The first-order valence-corrected chi connectivity index (χ1v) is 6.51. The van der Waals surface area contributed by atoms with Crippen molar-refractivity contribution >= 4 is 5.91 Å². The van der Waals surface area contributed by atoms with Gasteiger partial charge in [0.15, 0.2) is 0 Å². The van der Waals surface area contributed by atoms with Gasteiger partial charge in [0.25, 0.3) is 0 Å². The molecule has 4 nitrogen and oxygen atoms in total. The summed E-state index contributed by atoms with van der Waals surface area (Å²) < 4.78 is 5.08. The number of hydrogen-bond donors (Lipinski definition) is 0. The summed E-state index contributed by atoms with van der Waals surface area (Å²) in [5.74, 6) is -0.0253. The normalized spacial score (nSPS) is 16.1. The van der Waals surface area contributed by atoms with Gasteiger partial charge in [-0.1, -0.05) is 19.9 Å². The van der Waals surface area contributed by atoms with Gasteiger partial charge in [0.2, 0.25) is 5.91 Å². The molecule has 0 aromatic heterocycles. The van der Waals surface area contributed by atoms with Gasteiger partial charge in [0.1, 0.15) is 5.41 Å². The summed E-state index contributed by atoms with van der Waals surface area (Å²) in [6, 6.07) is 2.21. The van der Waals surface area contributed by atoms with E-state index in [1.807, 2.05) is 19.9 Å². The average Bonchev–Trinajstić information content (AvgIpc) is 2.42. The van der Waals surface area contributed by atoms with E-state index in [0.717, 1.165) is 6.42 Å². The Morgan fingerprint density at radius 3 is 2.61 bits per heavy atom. The van der Waals surface area contributed by atoms with E-state index in [1.165, 1.54) is 5.57 Å². The fraction of sp³-hybridized carbons (Fsp3) is 0.714. The summed E-state index contributed by atoms with van der Waals surface area (Å²) in [5.41, 5.74) is 0.393. The zero-order valence-electron chi connectivity index (χ0n) is 11.5. The van der Waals surface area contributed by atoms with E-state index < -0.39 is 5.41 Å². The summed E-state index contributed by atoms with van der Waals surface area (Å²) in [4.78, 5) is 14.2. The van der Waals surface area contributed by atoms with E-state index in [2.05, 4.69) is 6.07 Å². The minimum Gasteiger partial charge on any atom is -0.380 e. The topological polar surface area (TPSA) is 53.3 Å². The van der Waals surface area contributed by atoms with Crippen LogP contribution in [-0.2, 0) is 9.53 Å². The minimum absolute atomic E-state index is 0.0253. The minimum atomic E-state index is -0.841. The summed E-state index contributed by atoms with van der Waals surface area (Å²) in [6.45, 7) is 5.73. The van der Waals surface area contributed by atoms with Crippen molar-refractivity contribution in [2.75, 3.05) is 26.8 Å². The van der Waals surface area contributed by atoms with Crippen LogP contribution >= 0.6 is 0 Å². The van der Waals surface area contributed by atoms with E-state index in [0.29, 0.717) is 32.5 Å².